The van der Waals surface area contributed by atoms with Crippen molar-refractivity contribution >= 4 is 6.08 Å². The van der Waals surface area contributed by atoms with Gasteiger partial charge in [-0.2, -0.15) is 0 Å². The van der Waals surface area contributed by atoms with Crippen LogP contribution in [0.1, 0.15) is 25.8 Å². The summed E-state index contributed by atoms with van der Waals surface area (Å²) in [6, 6.07) is 19.6. The molecule has 20 heavy (non-hydrogen) atoms. The van der Waals surface area contributed by atoms with Crippen LogP contribution in [0.3, 0.4) is 0 Å². The molecule has 2 aromatic rings. The number of nitrogens with one attached hydrogen (secondary N) is 1. The second-order valence-corrected chi connectivity index (χ2v) is 5.09. The number of benzene rings is 2. The molecule has 1 unspecified atom stereocenters. The van der Waals surface area contributed by atoms with Gasteiger partial charge in [-0.1, -0.05) is 73.7 Å². The Labute approximate surface area is 122 Å². The molecule has 0 spiro atoms. The van der Waals surface area contributed by atoms with Crippen molar-refractivity contribution in [2.24, 2.45) is 0 Å². The fourth-order valence-corrected chi connectivity index (χ4v) is 2.11. The minimum atomic E-state index is 0.420. The normalized spacial score (nSPS) is 12.7. The molecule has 0 fully saturated rings. The van der Waals surface area contributed by atoms with E-state index in [2.05, 4.69) is 79.8 Å². The van der Waals surface area contributed by atoms with Crippen molar-refractivity contribution in [1.29, 1.82) is 0 Å². The van der Waals surface area contributed by atoms with Gasteiger partial charge in [0.2, 0.25) is 0 Å². The van der Waals surface area contributed by atoms with Gasteiger partial charge < -0.3 is 5.32 Å². The molecular formula is C19H23N. The molecule has 0 bridgehead atoms. The Kier molecular flexibility index (Phi) is 5.57. The summed E-state index contributed by atoms with van der Waals surface area (Å²) in [6.45, 7) is 5.44. The van der Waals surface area contributed by atoms with Crippen LogP contribution < -0.4 is 5.32 Å². The highest BCUT2D eigenvalue weighted by Crippen LogP contribution is 2.19. The molecule has 1 heteroatoms. The van der Waals surface area contributed by atoms with Gasteiger partial charge in [-0.05, 0) is 36.6 Å². The first-order chi connectivity index (χ1) is 9.79. The van der Waals surface area contributed by atoms with Crippen LogP contribution in [0.25, 0.3) is 17.2 Å². The quantitative estimate of drug-likeness (QED) is 0.794. The van der Waals surface area contributed by atoms with Gasteiger partial charge >= 0.3 is 0 Å². The van der Waals surface area contributed by atoms with E-state index in [0.717, 1.165) is 6.54 Å². The van der Waals surface area contributed by atoms with Gasteiger partial charge in [0.1, 0.15) is 0 Å². The van der Waals surface area contributed by atoms with E-state index in [1.165, 1.54) is 23.1 Å². The molecule has 0 saturated carbocycles. The summed E-state index contributed by atoms with van der Waals surface area (Å²) in [6.07, 6.45) is 5.57. The van der Waals surface area contributed by atoms with Gasteiger partial charge in [-0.3, -0.25) is 0 Å². The number of hydrogen-bond acceptors (Lipinski definition) is 1. The lowest BCUT2D eigenvalue weighted by Crippen LogP contribution is -2.24. The summed E-state index contributed by atoms with van der Waals surface area (Å²) in [7, 11) is 0. The summed E-state index contributed by atoms with van der Waals surface area (Å²) in [5.74, 6) is 0. The molecule has 104 valence electrons. The van der Waals surface area contributed by atoms with Crippen molar-refractivity contribution in [3.63, 3.8) is 0 Å². The average Bonchev–Trinajstić information content (AvgIpc) is 2.52. The monoisotopic (exact) mass is 265 g/mol. The molecule has 2 aromatic carbocycles. The van der Waals surface area contributed by atoms with E-state index in [1.807, 2.05) is 6.07 Å². The maximum absolute atomic E-state index is 3.45. The first-order valence-electron chi connectivity index (χ1n) is 7.36. The lowest BCUT2D eigenvalue weighted by atomic mass is 10.0. The van der Waals surface area contributed by atoms with Crippen molar-refractivity contribution in [3.8, 4) is 11.1 Å². The molecule has 0 aliphatic carbocycles. The maximum Gasteiger partial charge on any atom is 0.0224 e. The molecule has 2 rings (SSSR count). The molecule has 0 heterocycles. The molecule has 1 N–H and O–H groups in total. The second-order valence-electron chi connectivity index (χ2n) is 5.09. The van der Waals surface area contributed by atoms with E-state index in [4.69, 9.17) is 0 Å². The lowest BCUT2D eigenvalue weighted by molar-refractivity contribution is 0.625. The Morgan fingerprint density at radius 1 is 0.950 bits per heavy atom. The largest absolute Gasteiger partial charge is 0.311 e. The number of rotatable bonds is 6. The highest BCUT2D eigenvalue weighted by atomic mass is 14.9. The van der Waals surface area contributed by atoms with Crippen LogP contribution in [0.15, 0.2) is 60.7 Å². The van der Waals surface area contributed by atoms with Crippen LogP contribution in [-0.2, 0) is 0 Å². The summed E-state index contributed by atoms with van der Waals surface area (Å²) >= 11 is 0. The van der Waals surface area contributed by atoms with E-state index in [9.17, 15) is 0 Å². The lowest BCUT2D eigenvalue weighted by Gasteiger charge is -2.07. The van der Waals surface area contributed by atoms with Crippen molar-refractivity contribution < 1.29 is 0 Å². The number of hydrogen-bond donors (Lipinski definition) is 1. The third-order valence-electron chi connectivity index (χ3n) is 3.31. The molecular weight excluding hydrogens is 242 g/mol. The summed E-state index contributed by atoms with van der Waals surface area (Å²) in [5, 5.41) is 3.45. The standard InChI is InChI=1S/C19H23N/c1-3-15-20-16(2)9-10-17-11-13-19(14-12-17)18-7-5-4-6-8-18/h4-14,16,20H,3,15H2,1-2H3/b10-9+. The zero-order chi connectivity index (χ0) is 14.2. The first kappa shape index (κ1) is 14.5. The van der Waals surface area contributed by atoms with E-state index in [1.54, 1.807) is 0 Å². The Morgan fingerprint density at radius 3 is 2.25 bits per heavy atom. The van der Waals surface area contributed by atoms with Crippen LogP contribution in [-0.4, -0.2) is 12.6 Å². The Morgan fingerprint density at radius 2 is 1.60 bits per heavy atom. The van der Waals surface area contributed by atoms with Gasteiger partial charge in [0, 0.05) is 6.04 Å². The summed E-state index contributed by atoms with van der Waals surface area (Å²) in [5.41, 5.74) is 3.77. The fourth-order valence-electron chi connectivity index (χ4n) is 2.11. The fraction of sp³-hybridized carbons (Fsp3) is 0.263. The summed E-state index contributed by atoms with van der Waals surface area (Å²) in [4.78, 5) is 0. The van der Waals surface area contributed by atoms with Crippen LogP contribution in [0.5, 0.6) is 0 Å². The second kappa shape index (κ2) is 7.66. The Hall–Kier alpha value is -1.86. The van der Waals surface area contributed by atoms with Crippen LogP contribution >= 0.6 is 0 Å². The highest BCUT2D eigenvalue weighted by Gasteiger charge is 1.97. The first-order valence-corrected chi connectivity index (χ1v) is 7.36. The molecule has 1 atom stereocenters. The van der Waals surface area contributed by atoms with Gasteiger partial charge in [0.15, 0.2) is 0 Å². The van der Waals surface area contributed by atoms with E-state index in [0.29, 0.717) is 6.04 Å². The van der Waals surface area contributed by atoms with Gasteiger partial charge in [-0.25, -0.2) is 0 Å². The predicted molar refractivity (Wildman–Crippen MR) is 88.7 cm³/mol. The molecule has 0 saturated heterocycles. The molecule has 1 nitrogen and oxygen atoms in total. The van der Waals surface area contributed by atoms with Gasteiger partial charge in [-0.15, -0.1) is 0 Å². The summed E-state index contributed by atoms with van der Waals surface area (Å²) < 4.78 is 0. The van der Waals surface area contributed by atoms with Gasteiger partial charge in [0.05, 0.1) is 0 Å². The van der Waals surface area contributed by atoms with Crippen LogP contribution in [0, 0.1) is 0 Å². The van der Waals surface area contributed by atoms with Crippen molar-refractivity contribution in [1.82, 2.24) is 5.32 Å². The Balaban J connectivity index is 2.00. The zero-order valence-corrected chi connectivity index (χ0v) is 12.3. The third-order valence-corrected chi connectivity index (χ3v) is 3.31. The van der Waals surface area contributed by atoms with Crippen LogP contribution in [0.4, 0.5) is 0 Å². The SMILES string of the molecule is CCCNC(C)/C=C/c1ccc(-c2ccccc2)cc1. The predicted octanol–water partition coefficient (Wildman–Crippen LogP) is 4.75. The van der Waals surface area contributed by atoms with E-state index in [-0.39, 0.29) is 0 Å². The third kappa shape index (κ3) is 4.36. The van der Waals surface area contributed by atoms with E-state index < -0.39 is 0 Å². The smallest absolute Gasteiger partial charge is 0.0224 e. The highest BCUT2D eigenvalue weighted by molar-refractivity contribution is 5.65. The average molecular weight is 265 g/mol. The van der Waals surface area contributed by atoms with Crippen LogP contribution in [0.2, 0.25) is 0 Å². The Bertz CT molecular complexity index is 525. The molecule has 0 amide bonds. The minimum Gasteiger partial charge on any atom is -0.311 e. The zero-order valence-electron chi connectivity index (χ0n) is 12.3. The van der Waals surface area contributed by atoms with Crippen molar-refractivity contribution in [3.05, 3.63) is 66.2 Å². The minimum absolute atomic E-state index is 0.420. The van der Waals surface area contributed by atoms with Crippen molar-refractivity contribution in [2.45, 2.75) is 26.3 Å². The molecule has 0 aliphatic rings. The van der Waals surface area contributed by atoms with E-state index >= 15 is 0 Å². The molecule has 0 aliphatic heterocycles. The maximum atomic E-state index is 3.45. The van der Waals surface area contributed by atoms with Crippen molar-refractivity contribution in [2.75, 3.05) is 6.54 Å². The molecule has 0 aromatic heterocycles. The topological polar surface area (TPSA) is 12.0 Å². The van der Waals surface area contributed by atoms with Gasteiger partial charge in [0.25, 0.3) is 0 Å². The molecule has 0 radical (unpaired) electrons.